The highest BCUT2D eigenvalue weighted by Gasteiger charge is 2.34. The topological polar surface area (TPSA) is 70.0 Å². The molecule has 0 spiro atoms. The fourth-order valence-electron chi connectivity index (χ4n) is 2.90. The Balaban J connectivity index is 1.94. The summed E-state index contributed by atoms with van der Waals surface area (Å²) < 4.78 is 0.941. The number of carboxylic acids is 1. The first kappa shape index (κ1) is 19.9. The van der Waals surface area contributed by atoms with Gasteiger partial charge in [-0.15, -0.1) is 0 Å². The molecule has 1 aliphatic heterocycles. The van der Waals surface area contributed by atoms with E-state index in [4.69, 9.17) is 28.3 Å². The van der Waals surface area contributed by atoms with Crippen LogP contribution in [0.3, 0.4) is 0 Å². The molecule has 5 nitrogen and oxygen atoms in total. The number of hydrazone groups is 1. The molecule has 3 rings (SSSR count). The summed E-state index contributed by atoms with van der Waals surface area (Å²) in [5.41, 5.74) is 2.35. The largest absolute Gasteiger partial charge is 0.481 e. The van der Waals surface area contributed by atoms with Gasteiger partial charge in [0, 0.05) is 27.4 Å². The lowest BCUT2D eigenvalue weighted by molar-refractivity contribution is -0.141. The van der Waals surface area contributed by atoms with Crippen LogP contribution in [-0.2, 0) is 9.59 Å². The second-order valence-corrected chi connectivity index (χ2v) is 7.83. The summed E-state index contributed by atoms with van der Waals surface area (Å²) in [7, 11) is 0. The van der Waals surface area contributed by atoms with Crippen molar-refractivity contribution >= 4 is 56.7 Å². The average Bonchev–Trinajstić information content (AvgIpc) is 3.05. The monoisotopic (exact) mass is 468 g/mol. The van der Waals surface area contributed by atoms with E-state index in [9.17, 15) is 9.59 Å². The van der Waals surface area contributed by atoms with E-state index in [1.807, 2.05) is 24.3 Å². The summed E-state index contributed by atoms with van der Waals surface area (Å²) in [6.07, 6.45) is 0.0928. The van der Waals surface area contributed by atoms with Crippen LogP contribution in [0.1, 0.15) is 36.4 Å². The molecule has 27 heavy (non-hydrogen) atoms. The van der Waals surface area contributed by atoms with E-state index in [1.165, 1.54) is 5.01 Å². The van der Waals surface area contributed by atoms with Gasteiger partial charge in [0.25, 0.3) is 0 Å². The molecule has 1 aliphatic rings. The molecule has 0 aliphatic carbocycles. The minimum atomic E-state index is -1.03. The van der Waals surface area contributed by atoms with Crippen molar-refractivity contribution in [1.82, 2.24) is 5.01 Å². The molecular weight excluding hydrogens is 455 g/mol. The number of amides is 1. The van der Waals surface area contributed by atoms with Gasteiger partial charge in [0.2, 0.25) is 5.91 Å². The molecule has 0 fully saturated rings. The highest BCUT2D eigenvalue weighted by atomic mass is 79.9. The first-order chi connectivity index (χ1) is 12.8. The zero-order chi connectivity index (χ0) is 19.6. The van der Waals surface area contributed by atoms with Crippen molar-refractivity contribution in [2.45, 2.75) is 25.3 Å². The molecule has 0 unspecified atom stereocenters. The Morgan fingerprint density at radius 3 is 2.48 bits per heavy atom. The molecule has 0 radical (unpaired) electrons. The maximum absolute atomic E-state index is 12.6. The number of rotatable bonds is 5. The van der Waals surface area contributed by atoms with E-state index in [1.54, 1.807) is 18.2 Å². The van der Waals surface area contributed by atoms with Gasteiger partial charge in [-0.25, -0.2) is 5.01 Å². The van der Waals surface area contributed by atoms with Gasteiger partial charge >= 0.3 is 5.97 Å². The molecule has 8 heteroatoms. The molecule has 0 saturated heterocycles. The molecule has 1 N–H and O–H groups in total. The van der Waals surface area contributed by atoms with Crippen LogP contribution in [0.2, 0.25) is 10.0 Å². The number of hydrogen-bond acceptors (Lipinski definition) is 3. The minimum absolute atomic E-state index is 0.131. The molecule has 1 atom stereocenters. The molecule has 0 bridgehead atoms. The normalized spacial score (nSPS) is 16.3. The van der Waals surface area contributed by atoms with E-state index in [-0.39, 0.29) is 18.7 Å². The number of benzene rings is 2. The second kappa shape index (κ2) is 8.42. The van der Waals surface area contributed by atoms with Gasteiger partial charge in [-0.05, 0) is 35.4 Å². The lowest BCUT2D eigenvalue weighted by Gasteiger charge is -2.22. The fourth-order valence-corrected chi connectivity index (χ4v) is 3.70. The average molecular weight is 470 g/mol. The van der Waals surface area contributed by atoms with Crippen LogP contribution in [0.5, 0.6) is 0 Å². The summed E-state index contributed by atoms with van der Waals surface area (Å²) in [6.45, 7) is 0. The Labute approximate surface area is 174 Å². The third-order valence-corrected chi connectivity index (χ3v) is 5.31. The minimum Gasteiger partial charge on any atom is -0.481 e. The van der Waals surface area contributed by atoms with E-state index < -0.39 is 12.0 Å². The van der Waals surface area contributed by atoms with Crippen molar-refractivity contribution in [2.24, 2.45) is 5.10 Å². The van der Waals surface area contributed by atoms with Gasteiger partial charge in [-0.1, -0.05) is 57.3 Å². The molecule has 2 aromatic rings. The maximum Gasteiger partial charge on any atom is 0.303 e. The van der Waals surface area contributed by atoms with Gasteiger partial charge in [0.1, 0.15) is 0 Å². The molecule has 140 valence electrons. The molecule has 2 aromatic carbocycles. The number of carbonyl (C=O) groups excluding carboxylic acids is 1. The Kier molecular flexibility index (Phi) is 6.19. The van der Waals surface area contributed by atoms with E-state index in [0.717, 1.165) is 21.3 Å². The van der Waals surface area contributed by atoms with E-state index in [0.29, 0.717) is 16.5 Å². The van der Waals surface area contributed by atoms with Crippen molar-refractivity contribution in [1.29, 1.82) is 0 Å². The smallest absolute Gasteiger partial charge is 0.303 e. The molecule has 0 saturated carbocycles. The van der Waals surface area contributed by atoms with Crippen LogP contribution in [0.4, 0.5) is 0 Å². The Morgan fingerprint density at radius 1 is 1.15 bits per heavy atom. The lowest BCUT2D eigenvalue weighted by atomic mass is 9.98. The number of carboxylic acid groups (broad SMARTS) is 1. The number of halogens is 3. The third kappa shape index (κ3) is 4.69. The van der Waals surface area contributed by atoms with E-state index in [2.05, 4.69) is 21.0 Å². The predicted molar refractivity (Wildman–Crippen MR) is 108 cm³/mol. The van der Waals surface area contributed by atoms with Crippen molar-refractivity contribution < 1.29 is 14.7 Å². The second-order valence-electron chi connectivity index (χ2n) is 6.07. The Hall–Kier alpha value is -1.89. The molecule has 1 amide bonds. The number of aliphatic carboxylic acids is 1. The summed E-state index contributed by atoms with van der Waals surface area (Å²) in [4.78, 5) is 23.5. The molecule has 0 aromatic heterocycles. The van der Waals surface area contributed by atoms with Crippen LogP contribution >= 0.6 is 39.1 Å². The Morgan fingerprint density at radius 2 is 1.85 bits per heavy atom. The quantitative estimate of drug-likeness (QED) is 0.645. The van der Waals surface area contributed by atoms with Crippen LogP contribution in [0.25, 0.3) is 0 Å². The summed E-state index contributed by atoms with van der Waals surface area (Å²) >= 11 is 15.7. The lowest BCUT2D eigenvalue weighted by Crippen LogP contribution is -2.27. The van der Waals surface area contributed by atoms with Crippen molar-refractivity contribution in [3.63, 3.8) is 0 Å². The predicted octanol–water partition coefficient (Wildman–Crippen LogP) is 5.30. The molecule has 1 heterocycles. The zero-order valence-electron chi connectivity index (χ0n) is 14.0. The highest BCUT2D eigenvalue weighted by molar-refractivity contribution is 9.10. The summed E-state index contributed by atoms with van der Waals surface area (Å²) in [5.74, 6) is -1.39. The summed E-state index contributed by atoms with van der Waals surface area (Å²) in [6, 6.07) is 12.3. The van der Waals surface area contributed by atoms with Gasteiger partial charge in [0.05, 0.1) is 18.2 Å². The number of carbonyl (C=O) groups is 2. The Bertz CT molecular complexity index is 916. The standard InChI is InChI=1S/C19H15BrCl2N2O3/c20-12-3-1-11(2-4-12)16-10-17(14-6-5-13(21)9-15(14)22)24(23-16)18(25)7-8-19(26)27/h1-6,9,17H,7-8,10H2,(H,26,27)/t17-/m1/s1. The van der Waals surface area contributed by atoms with Gasteiger partial charge < -0.3 is 5.11 Å². The van der Waals surface area contributed by atoms with Gasteiger partial charge in [-0.2, -0.15) is 5.10 Å². The van der Waals surface area contributed by atoms with Crippen LogP contribution < -0.4 is 0 Å². The maximum atomic E-state index is 12.6. The first-order valence-corrected chi connectivity index (χ1v) is 9.72. The fraction of sp³-hybridized carbons (Fsp3) is 0.211. The highest BCUT2D eigenvalue weighted by Crippen LogP contribution is 2.37. The summed E-state index contributed by atoms with van der Waals surface area (Å²) in [5, 5.41) is 15.6. The van der Waals surface area contributed by atoms with Gasteiger partial charge in [0.15, 0.2) is 0 Å². The number of nitrogens with zero attached hydrogens (tertiary/aromatic N) is 2. The van der Waals surface area contributed by atoms with E-state index >= 15 is 0 Å². The number of hydrogen-bond donors (Lipinski definition) is 1. The van der Waals surface area contributed by atoms with Crippen LogP contribution in [0.15, 0.2) is 52.0 Å². The van der Waals surface area contributed by atoms with Crippen molar-refractivity contribution in [2.75, 3.05) is 0 Å². The SMILES string of the molecule is O=C(O)CCC(=O)N1N=C(c2ccc(Br)cc2)C[C@@H]1c1ccc(Cl)cc1Cl. The van der Waals surface area contributed by atoms with Crippen molar-refractivity contribution in [3.8, 4) is 0 Å². The van der Waals surface area contributed by atoms with Crippen molar-refractivity contribution in [3.05, 3.63) is 68.1 Å². The van der Waals surface area contributed by atoms with Crippen LogP contribution in [-0.4, -0.2) is 27.7 Å². The molecular formula is C19H15BrCl2N2O3. The third-order valence-electron chi connectivity index (χ3n) is 4.22. The van der Waals surface area contributed by atoms with Crippen LogP contribution in [0, 0.1) is 0 Å². The van der Waals surface area contributed by atoms with Gasteiger partial charge in [-0.3, -0.25) is 9.59 Å². The first-order valence-electron chi connectivity index (χ1n) is 8.17. The zero-order valence-corrected chi connectivity index (χ0v) is 17.1.